The zero-order valence-electron chi connectivity index (χ0n) is 12.2. The van der Waals surface area contributed by atoms with E-state index in [1.54, 1.807) is 7.05 Å². The van der Waals surface area contributed by atoms with Crippen LogP contribution in [0.1, 0.15) is 32.6 Å². The molecule has 0 radical (unpaired) electrons. The van der Waals surface area contributed by atoms with Gasteiger partial charge in [0.05, 0.1) is 12.7 Å². The van der Waals surface area contributed by atoms with E-state index < -0.39 is 0 Å². The van der Waals surface area contributed by atoms with Gasteiger partial charge in [-0.3, -0.25) is 0 Å². The van der Waals surface area contributed by atoms with Gasteiger partial charge in [-0.15, -0.1) is 0 Å². The highest BCUT2D eigenvalue weighted by molar-refractivity contribution is 5.35. The van der Waals surface area contributed by atoms with E-state index in [0.29, 0.717) is 30.6 Å². The van der Waals surface area contributed by atoms with Crippen LogP contribution in [-0.2, 0) is 4.74 Å². The lowest BCUT2D eigenvalue weighted by Gasteiger charge is -2.11. The standard InChI is InChI=1S/C13H23N5O2/c1-3-8-20-13-17-11(14-2)16-12(18-13)15-7-6-10-5-4-9-19-10/h10H,3-9H2,1-2H3,(H2,14,15,16,17,18). The maximum atomic E-state index is 5.58. The second kappa shape index (κ2) is 7.84. The largest absolute Gasteiger partial charge is 0.463 e. The van der Waals surface area contributed by atoms with Gasteiger partial charge in [0, 0.05) is 20.2 Å². The Morgan fingerprint density at radius 1 is 1.30 bits per heavy atom. The van der Waals surface area contributed by atoms with Gasteiger partial charge in [0.2, 0.25) is 11.9 Å². The molecule has 0 amide bonds. The maximum absolute atomic E-state index is 5.58. The van der Waals surface area contributed by atoms with Crippen LogP contribution in [0.3, 0.4) is 0 Å². The fourth-order valence-corrected chi connectivity index (χ4v) is 2.02. The Morgan fingerprint density at radius 3 is 2.85 bits per heavy atom. The smallest absolute Gasteiger partial charge is 0.323 e. The Balaban J connectivity index is 1.87. The normalized spacial score (nSPS) is 18.0. The Morgan fingerprint density at radius 2 is 2.15 bits per heavy atom. The lowest BCUT2D eigenvalue weighted by molar-refractivity contribution is 0.107. The molecule has 20 heavy (non-hydrogen) atoms. The van der Waals surface area contributed by atoms with E-state index in [4.69, 9.17) is 9.47 Å². The highest BCUT2D eigenvalue weighted by Crippen LogP contribution is 2.16. The van der Waals surface area contributed by atoms with Crippen molar-refractivity contribution in [1.29, 1.82) is 0 Å². The fraction of sp³-hybridized carbons (Fsp3) is 0.769. The minimum Gasteiger partial charge on any atom is -0.463 e. The molecule has 1 fully saturated rings. The fourth-order valence-electron chi connectivity index (χ4n) is 2.02. The van der Waals surface area contributed by atoms with Crippen LogP contribution >= 0.6 is 0 Å². The summed E-state index contributed by atoms with van der Waals surface area (Å²) < 4.78 is 11.0. The molecule has 112 valence electrons. The van der Waals surface area contributed by atoms with Crippen LogP contribution in [0.15, 0.2) is 0 Å². The summed E-state index contributed by atoms with van der Waals surface area (Å²) in [5.74, 6) is 1.04. The van der Waals surface area contributed by atoms with Crippen molar-refractivity contribution in [2.45, 2.75) is 38.7 Å². The molecule has 1 unspecified atom stereocenters. The lowest BCUT2D eigenvalue weighted by atomic mass is 10.2. The van der Waals surface area contributed by atoms with E-state index in [-0.39, 0.29) is 0 Å². The van der Waals surface area contributed by atoms with Crippen molar-refractivity contribution >= 4 is 11.9 Å². The number of rotatable bonds is 8. The predicted molar refractivity (Wildman–Crippen MR) is 77.2 cm³/mol. The van der Waals surface area contributed by atoms with Crippen molar-refractivity contribution in [3.63, 3.8) is 0 Å². The summed E-state index contributed by atoms with van der Waals surface area (Å²) >= 11 is 0. The van der Waals surface area contributed by atoms with Gasteiger partial charge in [0.25, 0.3) is 0 Å². The molecule has 0 spiro atoms. The van der Waals surface area contributed by atoms with Crippen molar-refractivity contribution in [1.82, 2.24) is 15.0 Å². The van der Waals surface area contributed by atoms with Gasteiger partial charge in [0.1, 0.15) is 0 Å². The number of hydrogen-bond donors (Lipinski definition) is 2. The Kier molecular flexibility index (Phi) is 5.79. The van der Waals surface area contributed by atoms with Gasteiger partial charge >= 0.3 is 6.01 Å². The second-order valence-electron chi connectivity index (χ2n) is 4.71. The van der Waals surface area contributed by atoms with Crippen molar-refractivity contribution in [2.24, 2.45) is 0 Å². The third kappa shape index (κ3) is 4.48. The maximum Gasteiger partial charge on any atom is 0.323 e. The topological polar surface area (TPSA) is 81.2 Å². The molecule has 7 heteroatoms. The SMILES string of the molecule is CCCOc1nc(NC)nc(NCCC2CCCO2)n1. The zero-order valence-corrected chi connectivity index (χ0v) is 12.2. The summed E-state index contributed by atoms with van der Waals surface area (Å²) in [5.41, 5.74) is 0. The highest BCUT2D eigenvalue weighted by Gasteiger charge is 2.15. The summed E-state index contributed by atoms with van der Waals surface area (Å²) in [6.45, 7) is 4.31. The monoisotopic (exact) mass is 281 g/mol. The Hall–Kier alpha value is -1.63. The summed E-state index contributed by atoms with van der Waals surface area (Å²) in [6, 6.07) is 0.353. The lowest BCUT2D eigenvalue weighted by Crippen LogP contribution is -2.15. The highest BCUT2D eigenvalue weighted by atomic mass is 16.5. The van der Waals surface area contributed by atoms with Crippen LogP contribution < -0.4 is 15.4 Å². The molecule has 1 aliphatic heterocycles. The molecule has 1 atom stereocenters. The van der Waals surface area contributed by atoms with Crippen LogP contribution in [0.2, 0.25) is 0 Å². The number of nitrogens with one attached hydrogen (secondary N) is 2. The number of nitrogens with zero attached hydrogens (tertiary/aromatic N) is 3. The molecule has 2 heterocycles. The number of aromatic nitrogens is 3. The second-order valence-corrected chi connectivity index (χ2v) is 4.71. The molecule has 1 aromatic heterocycles. The van der Waals surface area contributed by atoms with Gasteiger partial charge in [-0.25, -0.2) is 0 Å². The number of anilines is 2. The summed E-state index contributed by atoms with van der Waals surface area (Å²) in [5, 5.41) is 6.11. The van der Waals surface area contributed by atoms with Gasteiger partial charge in [-0.05, 0) is 25.7 Å². The van der Waals surface area contributed by atoms with Crippen molar-refractivity contribution in [3.8, 4) is 6.01 Å². The minimum atomic E-state index is 0.353. The first-order chi connectivity index (χ1) is 9.81. The zero-order chi connectivity index (χ0) is 14.2. The van der Waals surface area contributed by atoms with Crippen LogP contribution in [0.4, 0.5) is 11.9 Å². The third-order valence-electron chi connectivity index (χ3n) is 3.05. The van der Waals surface area contributed by atoms with E-state index in [9.17, 15) is 0 Å². The van der Waals surface area contributed by atoms with Gasteiger partial charge in [0.15, 0.2) is 0 Å². The molecule has 0 bridgehead atoms. The molecular formula is C13H23N5O2. The van der Waals surface area contributed by atoms with E-state index in [0.717, 1.165) is 38.8 Å². The molecule has 2 N–H and O–H groups in total. The summed E-state index contributed by atoms with van der Waals surface area (Å²) in [6.07, 6.45) is 4.55. The molecule has 2 rings (SSSR count). The first-order valence-corrected chi connectivity index (χ1v) is 7.24. The van der Waals surface area contributed by atoms with Crippen molar-refractivity contribution in [3.05, 3.63) is 0 Å². The van der Waals surface area contributed by atoms with E-state index in [1.807, 2.05) is 6.92 Å². The molecule has 0 aromatic carbocycles. The Labute approximate surface area is 119 Å². The van der Waals surface area contributed by atoms with Gasteiger partial charge < -0.3 is 20.1 Å². The van der Waals surface area contributed by atoms with Gasteiger partial charge in [-0.1, -0.05) is 6.92 Å². The average Bonchev–Trinajstić information content (AvgIpc) is 2.98. The van der Waals surface area contributed by atoms with Crippen molar-refractivity contribution < 1.29 is 9.47 Å². The van der Waals surface area contributed by atoms with E-state index >= 15 is 0 Å². The summed E-state index contributed by atoms with van der Waals surface area (Å²) in [7, 11) is 1.77. The third-order valence-corrected chi connectivity index (χ3v) is 3.05. The first kappa shape index (κ1) is 14.8. The molecule has 0 saturated carbocycles. The summed E-state index contributed by atoms with van der Waals surface area (Å²) in [4.78, 5) is 12.7. The van der Waals surface area contributed by atoms with Crippen LogP contribution in [0, 0.1) is 0 Å². The van der Waals surface area contributed by atoms with E-state index in [2.05, 4.69) is 25.6 Å². The molecule has 1 saturated heterocycles. The van der Waals surface area contributed by atoms with Crippen LogP contribution in [0.5, 0.6) is 6.01 Å². The molecule has 1 aliphatic rings. The molecule has 0 aliphatic carbocycles. The molecule has 1 aromatic rings. The van der Waals surface area contributed by atoms with Crippen molar-refractivity contribution in [2.75, 3.05) is 37.4 Å². The molecule has 7 nitrogen and oxygen atoms in total. The van der Waals surface area contributed by atoms with Gasteiger partial charge in [-0.2, -0.15) is 15.0 Å². The Bertz CT molecular complexity index is 410. The van der Waals surface area contributed by atoms with Crippen LogP contribution in [0.25, 0.3) is 0 Å². The average molecular weight is 281 g/mol. The number of ether oxygens (including phenoxy) is 2. The first-order valence-electron chi connectivity index (χ1n) is 7.24. The predicted octanol–water partition coefficient (Wildman–Crippen LogP) is 1.68. The number of hydrogen-bond acceptors (Lipinski definition) is 7. The molecular weight excluding hydrogens is 258 g/mol. The quantitative estimate of drug-likeness (QED) is 0.750. The van der Waals surface area contributed by atoms with Crippen LogP contribution in [-0.4, -0.2) is 47.9 Å². The minimum absolute atomic E-state index is 0.353. The van der Waals surface area contributed by atoms with E-state index in [1.165, 1.54) is 0 Å².